The lowest BCUT2D eigenvalue weighted by Crippen LogP contribution is -2.40. The van der Waals surface area contributed by atoms with Crippen molar-refractivity contribution >= 4 is 22.4 Å². The molecule has 1 aromatic heterocycles. The molecule has 0 amide bonds. The fourth-order valence-corrected chi connectivity index (χ4v) is 4.61. The third-order valence-corrected chi connectivity index (χ3v) is 6.54. The first-order valence-corrected chi connectivity index (χ1v) is 10.3. The van der Waals surface area contributed by atoms with Crippen molar-refractivity contribution in [1.82, 2.24) is 19.4 Å². The van der Waals surface area contributed by atoms with Gasteiger partial charge in [0.05, 0.1) is 12.7 Å². The van der Waals surface area contributed by atoms with Crippen molar-refractivity contribution in [3.05, 3.63) is 48.3 Å². The second-order valence-corrected chi connectivity index (χ2v) is 8.45. The summed E-state index contributed by atoms with van der Waals surface area (Å²) in [6.45, 7) is 5.76. The second kappa shape index (κ2) is 9.50. The number of nitrogens with zero attached hydrogens (tertiary/aromatic N) is 3. The Hall–Kier alpha value is -1.41. The van der Waals surface area contributed by atoms with Crippen LogP contribution in [-0.4, -0.2) is 48.7 Å². The highest BCUT2D eigenvalue weighted by molar-refractivity contribution is 7.89. The van der Waals surface area contributed by atoms with E-state index >= 15 is 0 Å². The van der Waals surface area contributed by atoms with Gasteiger partial charge in [0.1, 0.15) is 4.90 Å². The van der Waals surface area contributed by atoms with Gasteiger partial charge < -0.3 is 5.32 Å². The topological polar surface area (TPSA) is 67.2 Å². The van der Waals surface area contributed by atoms with Gasteiger partial charge >= 0.3 is 0 Å². The van der Waals surface area contributed by atoms with Crippen LogP contribution in [0.5, 0.6) is 0 Å². The first kappa shape index (κ1) is 20.9. The SMILES string of the molecule is CCNCC1CCN(S(=O)(=O)c2cnn(Cc3ccccc3)c2)CC1.Cl. The number of nitrogens with one attached hydrogen (secondary N) is 1. The van der Waals surface area contributed by atoms with Crippen LogP contribution >= 0.6 is 12.4 Å². The fraction of sp³-hybridized carbons (Fsp3) is 0.500. The molecule has 0 unspecified atom stereocenters. The van der Waals surface area contributed by atoms with Gasteiger partial charge in [0, 0.05) is 19.3 Å². The molecule has 0 spiro atoms. The first-order valence-electron chi connectivity index (χ1n) is 8.87. The van der Waals surface area contributed by atoms with Crippen LogP contribution in [0.25, 0.3) is 0 Å². The molecule has 1 aliphatic heterocycles. The van der Waals surface area contributed by atoms with Crippen LogP contribution in [0, 0.1) is 5.92 Å². The van der Waals surface area contributed by atoms with E-state index in [2.05, 4.69) is 17.3 Å². The maximum atomic E-state index is 12.8. The lowest BCUT2D eigenvalue weighted by molar-refractivity contribution is 0.268. The normalized spacial score (nSPS) is 16.3. The van der Waals surface area contributed by atoms with Crippen LogP contribution < -0.4 is 5.32 Å². The molecule has 0 radical (unpaired) electrons. The summed E-state index contributed by atoms with van der Waals surface area (Å²) in [5.41, 5.74) is 1.10. The van der Waals surface area contributed by atoms with E-state index in [1.807, 2.05) is 30.3 Å². The van der Waals surface area contributed by atoms with Crippen LogP contribution in [0.2, 0.25) is 0 Å². The van der Waals surface area contributed by atoms with E-state index in [9.17, 15) is 8.42 Å². The molecule has 3 rings (SSSR count). The van der Waals surface area contributed by atoms with Crippen molar-refractivity contribution in [2.75, 3.05) is 26.2 Å². The maximum absolute atomic E-state index is 12.8. The van der Waals surface area contributed by atoms with Crippen molar-refractivity contribution in [3.8, 4) is 0 Å². The molecule has 1 N–H and O–H groups in total. The predicted octanol–water partition coefficient (Wildman–Crippen LogP) is 2.36. The van der Waals surface area contributed by atoms with Gasteiger partial charge in [-0.1, -0.05) is 37.3 Å². The Bertz CT molecular complexity index is 771. The zero-order valence-electron chi connectivity index (χ0n) is 15.0. The minimum absolute atomic E-state index is 0. The van der Waals surface area contributed by atoms with Crippen LogP contribution in [-0.2, 0) is 16.6 Å². The highest BCUT2D eigenvalue weighted by atomic mass is 35.5. The second-order valence-electron chi connectivity index (χ2n) is 6.51. The minimum atomic E-state index is -3.45. The van der Waals surface area contributed by atoms with Crippen molar-refractivity contribution in [2.45, 2.75) is 31.2 Å². The zero-order chi connectivity index (χ0) is 17.7. The zero-order valence-corrected chi connectivity index (χ0v) is 16.7. The molecule has 0 atom stereocenters. The third kappa shape index (κ3) is 5.07. The first-order chi connectivity index (χ1) is 12.1. The summed E-state index contributed by atoms with van der Waals surface area (Å²) in [5.74, 6) is 0.562. The summed E-state index contributed by atoms with van der Waals surface area (Å²) >= 11 is 0. The van der Waals surface area contributed by atoms with Crippen molar-refractivity contribution in [2.24, 2.45) is 5.92 Å². The molecular formula is C18H27ClN4O2S. The lowest BCUT2D eigenvalue weighted by Gasteiger charge is -2.30. The Kier molecular flexibility index (Phi) is 7.64. The van der Waals surface area contributed by atoms with Gasteiger partial charge in [-0.3, -0.25) is 4.68 Å². The van der Waals surface area contributed by atoms with Crippen molar-refractivity contribution in [1.29, 1.82) is 0 Å². The van der Waals surface area contributed by atoms with Crippen LogP contribution in [0.3, 0.4) is 0 Å². The number of aromatic nitrogens is 2. The van der Waals surface area contributed by atoms with Crippen LogP contribution in [0.4, 0.5) is 0 Å². The van der Waals surface area contributed by atoms with Gasteiger partial charge in [0.2, 0.25) is 10.0 Å². The minimum Gasteiger partial charge on any atom is -0.317 e. The summed E-state index contributed by atoms with van der Waals surface area (Å²) in [5, 5.41) is 7.58. The third-order valence-electron chi connectivity index (χ3n) is 4.69. The molecular weight excluding hydrogens is 372 g/mol. The molecule has 26 heavy (non-hydrogen) atoms. The molecule has 0 aliphatic carbocycles. The molecule has 1 aliphatic rings. The Balaban J connectivity index is 0.00000243. The molecule has 8 heteroatoms. The molecule has 0 bridgehead atoms. The molecule has 2 heterocycles. The smallest absolute Gasteiger partial charge is 0.246 e. The lowest BCUT2D eigenvalue weighted by atomic mass is 9.98. The number of hydrogen-bond donors (Lipinski definition) is 1. The molecule has 144 valence electrons. The van der Waals surface area contributed by atoms with E-state index in [1.54, 1.807) is 15.2 Å². The van der Waals surface area contributed by atoms with E-state index in [-0.39, 0.29) is 17.3 Å². The average molecular weight is 399 g/mol. The number of benzene rings is 1. The Morgan fingerprint density at radius 2 is 1.88 bits per heavy atom. The molecule has 0 saturated carbocycles. The van der Waals surface area contributed by atoms with Gasteiger partial charge in [0.25, 0.3) is 0 Å². The largest absolute Gasteiger partial charge is 0.317 e. The van der Waals surface area contributed by atoms with E-state index in [0.29, 0.717) is 25.6 Å². The van der Waals surface area contributed by atoms with Crippen molar-refractivity contribution < 1.29 is 8.42 Å². The molecule has 1 aromatic carbocycles. The van der Waals surface area contributed by atoms with Crippen LogP contribution in [0.15, 0.2) is 47.6 Å². The van der Waals surface area contributed by atoms with Gasteiger partial charge in [-0.2, -0.15) is 9.40 Å². The Morgan fingerprint density at radius 1 is 1.19 bits per heavy atom. The highest BCUT2D eigenvalue weighted by Crippen LogP contribution is 2.23. The van der Waals surface area contributed by atoms with Gasteiger partial charge in [0.15, 0.2) is 0 Å². The van der Waals surface area contributed by atoms with Crippen molar-refractivity contribution in [3.63, 3.8) is 0 Å². The van der Waals surface area contributed by atoms with Gasteiger partial charge in [-0.25, -0.2) is 8.42 Å². The molecule has 6 nitrogen and oxygen atoms in total. The maximum Gasteiger partial charge on any atom is 0.246 e. The van der Waals surface area contributed by atoms with Gasteiger partial charge in [-0.15, -0.1) is 12.4 Å². The number of sulfonamides is 1. The van der Waals surface area contributed by atoms with E-state index < -0.39 is 10.0 Å². The summed E-state index contributed by atoms with van der Waals surface area (Å²) in [6.07, 6.45) is 4.91. The van der Waals surface area contributed by atoms with E-state index in [0.717, 1.165) is 31.5 Å². The Morgan fingerprint density at radius 3 is 2.54 bits per heavy atom. The summed E-state index contributed by atoms with van der Waals surface area (Å²) in [7, 11) is -3.45. The van der Waals surface area contributed by atoms with Gasteiger partial charge in [-0.05, 0) is 37.4 Å². The Labute approximate surface area is 162 Å². The number of hydrogen-bond acceptors (Lipinski definition) is 4. The fourth-order valence-electron chi connectivity index (χ4n) is 3.19. The standard InChI is InChI=1S/C18H26N4O2S.ClH/c1-2-19-12-16-8-10-22(11-9-16)25(23,24)18-13-20-21(15-18)14-17-6-4-3-5-7-17;/h3-7,13,15-16,19H,2,8-12,14H2,1H3;1H. The molecule has 2 aromatic rings. The molecule has 1 fully saturated rings. The quantitative estimate of drug-likeness (QED) is 0.777. The molecule has 1 saturated heterocycles. The summed E-state index contributed by atoms with van der Waals surface area (Å²) in [6, 6.07) is 9.90. The van der Waals surface area contributed by atoms with E-state index in [4.69, 9.17) is 0 Å². The monoisotopic (exact) mass is 398 g/mol. The average Bonchev–Trinajstić information content (AvgIpc) is 3.10. The number of rotatable bonds is 7. The highest BCUT2D eigenvalue weighted by Gasteiger charge is 2.30. The summed E-state index contributed by atoms with van der Waals surface area (Å²) in [4.78, 5) is 0.286. The number of halogens is 1. The predicted molar refractivity (Wildman–Crippen MR) is 105 cm³/mol. The number of piperidine rings is 1. The van der Waals surface area contributed by atoms with E-state index in [1.165, 1.54) is 6.20 Å². The summed E-state index contributed by atoms with van der Waals surface area (Å²) < 4.78 is 28.9. The van der Waals surface area contributed by atoms with Crippen LogP contribution in [0.1, 0.15) is 25.3 Å².